The number of H-pyrrole nitrogens is 1. The van der Waals surface area contributed by atoms with Gasteiger partial charge in [0.25, 0.3) is 5.68 Å². The van der Waals surface area contributed by atoms with E-state index >= 15 is 0 Å². The highest BCUT2D eigenvalue weighted by Crippen LogP contribution is 2.31. The van der Waals surface area contributed by atoms with Gasteiger partial charge in [0.2, 0.25) is 5.95 Å². The maximum atomic E-state index is 12.6. The van der Waals surface area contributed by atoms with Crippen molar-refractivity contribution in [2.24, 2.45) is 0 Å². The number of alkyl halides is 3. The summed E-state index contributed by atoms with van der Waals surface area (Å²) in [6.45, 7) is 3.43. The van der Waals surface area contributed by atoms with E-state index in [0.29, 0.717) is 23.6 Å². The summed E-state index contributed by atoms with van der Waals surface area (Å²) in [6.07, 6.45) is -3.32. The molecule has 11 heteroatoms. The Hall–Kier alpha value is -3.73. The first-order valence-corrected chi connectivity index (χ1v) is 10.0. The molecule has 4 aromatic rings. The molecular formula is C22H22F3N5O3. The number of aromatic amines is 1. The summed E-state index contributed by atoms with van der Waals surface area (Å²) >= 11 is 0. The molecule has 174 valence electrons. The molecule has 0 spiro atoms. The van der Waals surface area contributed by atoms with Crippen molar-refractivity contribution in [2.75, 3.05) is 11.9 Å². The van der Waals surface area contributed by atoms with Crippen LogP contribution in [0, 0.1) is 12.3 Å². The minimum Gasteiger partial charge on any atom is -0.432 e. The first-order chi connectivity index (χ1) is 15.6. The zero-order chi connectivity index (χ0) is 23.8. The van der Waals surface area contributed by atoms with Gasteiger partial charge in [0.15, 0.2) is 0 Å². The Kier molecular flexibility index (Phi) is 5.66. The predicted molar refractivity (Wildman–Crippen MR) is 114 cm³/mol. The van der Waals surface area contributed by atoms with Gasteiger partial charge in [0.05, 0.1) is 35.4 Å². The summed E-state index contributed by atoms with van der Waals surface area (Å²) in [7, 11) is 0. The number of nitrogens with one attached hydrogen (secondary N) is 3. The van der Waals surface area contributed by atoms with Crippen molar-refractivity contribution in [1.29, 1.82) is 5.41 Å². The molecule has 0 aliphatic heterocycles. The second-order valence-electron chi connectivity index (χ2n) is 7.86. The minimum absolute atomic E-state index is 0.0206. The van der Waals surface area contributed by atoms with Crippen molar-refractivity contribution in [3.8, 4) is 5.75 Å². The van der Waals surface area contributed by atoms with Crippen molar-refractivity contribution < 1.29 is 27.4 Å². The lowest BCUT2D eigenvalue weighted by Gasteiger charge is -2.29. The normalized spacial score (nSPS) is 13.8. The molecule has 0 bridgehead atoms. The number of halogens is 3. The third-order valence-electron chi connectivity index (χ3n) is 5.35. The Bertz CT molecular complexity index is 1340. The number of aliphatic hydroxyl groups excluding tert-OH is 1. The van der Waals surface area contributed by atoms with Crippen LogP contribution in [0.15, 0.2) is 53.1 Å². The Labute approximate surface area is 186 Å². The van der Waals surface area contributed by atoms with Crippen LogP contribution in [0.5, 0.6) is 5.75 Å². The molecule has 0 radical (unpaired) electrons. The number of oxazole rings is 1. The molecule has 0 fully saturated rings. The van der Waals surface area contributed by atoms with Gasteiger partial charge < -0.3 is 24.6 Å². The first-order valence-electron chi connectivity index (χ1n) is 10.0. The number of para-hydroxylation sites is 1. The number of ether oxygens (including phenoxy) is 1. The van der Waals surface area contributed by atoms with E-state index in [2.05, 4.69) is 20.0 Å². The lowest BCUT2D eigenvalue weighted by atomic mass is 9.93. The first kappa shape index (κ1) is 22.5. The summed E-state index contributed by atoms with van der Waals surface area (Å²) in [5, 5.41) is 21.1. The number of aliphatic hydroxyl groups is 1. The van der Waals surface area contributed by atoms with Gasteiger partial charge in [0.1, 0.15) is 12.0 Å². The number of fused-ring (bicyclic) bond motifs is 1. The highest BCUT2D eigenvalue weighted by atomic mass is 19.4. The van der Waals surface area contributed by atoms with Gasteiger partial charge in [-0.2, -0.15) is 0 Å². The van der Waals surface area contributed by atoms with Crippen LogP contribution in [0.3, 0.4) is 0 Å². The number of aromatic nitrogens is 3. The molecule has 2 heterocycles. The van der Waals surface area contributed by atoms with E-state index in [4.69, 9.17) is 9.83 Å². The molecule has 8 nitrogen and oxygen atoms in total. The molecule has 2 aromatic heterocycles. The maximum absolute atomic E-state index is 12.6. The second kappa shape index (κ2) is 8.32. The van der Waals surface area contributed by atoms with Gasteiger partial charge in [-0.3, -0.25) is 9.98 Å². The van der Waals surface area contributed by atoms with Gasteiger partial charge in [-0.15, -0.1) is 13.2 Å². The molecule has 0 aliphatic rings. The van der Waals surface area contributed by atoms with E-state index in [1.807, 2.05) is 25.1 Å². The average Bonchev–Trinajstić information content (AvgIpc) is 3.30. The maximum Gasteiger partial charge on any atom is 0.573 e. The SMILES string of the molecule is Cc1coc(=N)n1Cc1cccc2[nH]c(NC(C)(CO)c3cccc(OC(F)(F)F)c3)nc12. The quantitative estimate of drug-likeness (QED) is 0.332. The van der Waals surface area contributed by atoms with E-state index < -0.39 is 18.5 Å². The number of hydrogen-bond acceptors (Lipinski definition) is 6. The fraction of sp³-hybridized carbons (Fsp3) is 0.273. The summed E-state index contributed by atoms with van der Waals surface area (Å²) < 4.78 is 48.7. The molecule has 0 aliphatic carbocycles. The van der Waals surface area contributed by atoms with E-state index in [1.165, 1.54) is 24.5 Å². The van der Waals surface area contributed by atoms with Crippen LogP contribution in [0.25, 0.3) is 11.0 Å². The second-order valence-corrected chi connectivity index (χ2v) is 7.86. The van der Waals surface area contributed by atoms with Gasteiger partial charge in [-0.25, -0.2) is 4.98 Å². The third-order valence-corrected chi connectivity index (χ3v) is 5.35. The summed E-state index contributed by atoms with van der Waals surface area (Å²) in [5.74, 6) is -0.0526. The number of benzene rings is 2. The highest BCUT2D eigenvalue weighted by Gasteiger charge is 2.33. The predicted octanol–water partition coefficient (Wildman–Crippen LogP) is 4.01. The molecule has 0 amide bonds. The topological polar surface area (TPSA) is 112 Å². The Morgan fingerprint density at radius 3 is 2.67 bits per heavy atom. The third kappa shape index (κ3) is 4.72. The smallest absolute Gasteiger partial charge is 0.432 e. The van der Waals surface area contributed by atoms with Gasteiger partial charge in [-0.05, 0) is 43.2 Å². The Morgan fingerprint density at radius 2 is 2.00 bits per heavy atom. The van der Waals surface area contributed by atoms with Crippen LogP contribution in [-0.2, 0) is 12.1 Å². The van der Waals surface area contributed by atoms with Crippen LogP contribution in [0.2, 0.25) is 0 Å². The van der Waals surface area contributed by atoms with Crippen LogP contribution in [0.1, 0.15) is 23.7 Å². The molecule has 2 aromatic carbocycles. The van der Waals surface area contributed by atoms with Crippen molar-refractivity contribution in [1.82, 2.24) is 14.5 Å². The van der Waals surface area contributed by atoms with E-state index in [0.717, 1.165) is 16.8 Å². The van der Waals surface area contributed by atoms with Crippen LogP contribution < -0.4 is 15.7 Å². The Balaban J connectivity index is 1.65. The average molecular weight is 461 g/mol. The minimum atomic E-state index is -4.82. The largest absolute Gasteiger partial charge is 0.573 e. The number of imidazole rings is 1. The number of anilines is 1. The summed E-state index contributed by atoms with van der Waals surface area (Å²) in [6, 6.07) is 11.0. The molecule has 1 atom stereocenters. The van der Waals surface area contributed by atoms with Gasteiger partial charge >= 0.3 is 6.36 Å². The van der Waals surface area contributed by atoms with Gasteiger partial charge in [0, 0.05) is 0 Å². The zero-order valence-electron chi connectivity index (χ0n) is 17.8. The summed E-state index contributed by atoms with van der Waals surface area (Å²) in [5.41, 5.74) is 2.26. The Morgan fingerprint density at radius 1 is 1.24 bits per heavy atom. The highest BCUT2D eigenvalue weighted by molar-refractivity contribution is 5.81. The number of hydrogen-bond donors (Lipinski definition) is 4. The van der Waals surface area contributed by atoms with Crippen LogP contribution in [-0.4, -0.2) is 32.6 Å². The van der Waals surface area contributed by atoms with Crippen molar-refractivity contribution in [3.63, 3.8) is 0 Å². The van der Waals surface area contributed by atoms with Crippen molar-refractivity contribution >= 4 is 17.0 Å². The molecular weight excluding hydrogens is 439 g/mol. The molecule has 0 saturated heterocycles. The molecule has 1 unspecified atom stereocenters. The number of nitrogens with zero attached hydrogens (tertiary/aromatic N) is 2. The standard InChI is InChI=1S/C22H22F3N5O3/c1-13-11-32-19(26)30(13)10-14-5-3-8-17-18(14)28-20(27-17)29-21(2,12-31)15-6-4-7-16(9-15)33-22(23,24)25/h3-9,11,26,31H,10,12H2,1-2H3,(H2,27,28,29). The summed E-state index contributed by atoms with van der Waals surface area (Å²) in [4.78, 5) is 7.73. The van der Waals surface area contributed by atoms with Crippen LogP contribution >= 0.6 is 0 Å². The van der Waals surface area contributed by atoms with Crippen molar-refractivity contribution in [2.45, 2.75) is 32.3 Å². The molecule has 4 N–H and O–H groups in total. The van der Waals surface area contributed by atoms with Crippen LogP contribution in [0.4, 0.5) is 19.1 Å². The molecule has 33 heavy (non-hydrogen) atoms. The molecule has 0 saturated carbocycles. The monoisotopic (exact) mass is 461 g/mol. The molecule has 4 rings (SSSR count). The fourth-order valence-corrected chi connectivity index (χ4v) is 3.57. The number of rotatable bonds is 7. The van der Waals surface area contributed by atoms with E-state index in [1.54, 1.807) is 17.6 Å². The zero-order valence-corrected chi connectivity index (χ0v) is 17.8. The van der Waals surface area contributed by atoms with Gasteiger partial charge in [-0.1, -0.05) is 24.3 Å². The van der Waals surface area contributed by atoms with E-state index in [9.17, 15) is 18.3 Å². The number of aryl methyl sites for hydroxylation is 1. The lowest BCUT2D eigenvalue weighted by Crippen LogP contribution is -2.36. The van der Waals surface area contributed by atoms with E-state index in [-0.39, 0.29) is 11.4 Å². The lowest BCUT2D eigenvalue weighted by molar-refractivity contribution is -0.274. The van der Waals surface area contributed by atoms with Crippen molar-refractivity contribution in [3.05, 3.63) is 71.2 Å². The fourth-order valence-electron chi connectivity index (χ4n) is 3.57.